The first kappa shape index (κ1) is 15.7. The number of allylic oxidation sites excluding steroid dienone is 1. The monoisotopic (exact) mass is 277 g/mol. The van der Waals surface area contributed by atoms with Crippen LogP contribution in [0.3, 0.4) is 0 Å². The van der Waals surface area contributed by atoms with Crippen LogP contribution in [0.1, 0.15) is 26.3 Å². The van der Waals surface area contributed by atoms with Gasteiger partial charge in [0.15, 0.2) is 6.04 Å². The van der Waals surface area contributed by atoms with E-state index in [1.807, 2.05) is 31.2 Å². The van der Waals surface area contributed by atoms with Crippen molar-refractivity contribution < 1.29 is 14.8 Å². The molecule has 0 aliphatic carbocycles. The van der Waals surface area contributed by atoms with Gasteiger partial charge in [0, 0.05) is 5.57 Å². The molecule has 1 rings (SSSR count). The highest BCUT2D eigenvalue weighted by molar-refractivity contribution is 5.86. The zero-order chi connectivity index (χ0) is 15.1. The Morgan fingerprint density at radius 3 is 2.45 bits per heavy atom. The van der Waals surface area contributed by atoms with E-state index in [4.69, 9.17) is 9.94 Å². The van der Waals surface area contributed by atoms with Gasteiger partial charge >= 0.3 is 0 Å². The number of methoxy groups -OCH3 is 1. The van der Waals surface area contributed by atoms with E-state index in [1.54, 1.807) is 21.0 Å². The van der Waals surface area contributed by atoms with Crippen molar-refractivity contribution in [1.29, 1.82) is 0 Å². The number of nitrogens with zero attached hydrogens (tertiary/aromatic N) is 3. The number of hydroxylamine groups is 1. The van der Waals surface area contributed by atoms with E-state index in [1.165, 1.54) is 6.20 Å². The number of ether oxygens (including phenoxy) is 1. The minimum atomic E-state index is -0.475. The molecule has 0 saturated carbocycles. The lowest BCUT2D eigenvalue weighted by Crippen LogP contribution is -2.13. The topological polar surface area (TPSA) is 80.2 Å². The Labute approximate surface area is 118 Å². The van der Waals surface area contributed by atoms with Crippen LogP contribution < -0.4 is 4.74 Å². The molecule has 0 aliphatic heterocycles. The molecule has 0 aromatic heterocycles. The van der Waals surface area contributed by atoms with Gasteiger partial charge in [-0.05, 0) is 43.6 Å². The molecule has 0 heterocycles. The van der Waals surface area contributed by atoms with Crippen molar-refractivity contribution in [2.75, 3.05) is 7.11 Å². The van der Waals surface area contributed by atoms with Gasteiger partial charge in [-0.2, -0.15) is 0 Å². The van der Waals surface area contributed by atoms with Crippen molar-refractivity contribution in [3.8, 4) is 5.75 Å². The number of rotatable bonds is 5. The third-order valence-electron chi connectivity index (χ3n) is 2.90. The Balaban J connectivity index is 2.89. The van der Waals surface area contributed by atoms with Gasteiger partial charge in [-0.15, -0.1) is 0 Å². The van der Waals surface area contributed by atoms with Crippen molar-refractivity contribution in [3.05, 3.63) is 41.2 Å². The molecule has 6 nitrogen and oxygen atoms in total. The Bertz CT molecular complexity index is 533. The van der Waals surface area contributed by atoms with E-state index < -0.39 is 6.04 Å². The van der Waals surface area contributed by atoms with Gasteiger partial charge in [0.2, 0.25) is 6.20 Å². The largest absolute Gasteiger partial charge is 0.595 e. The summed E-state index contributed by atoms with van der Waals surface area (Å²) in [5, 5.41) is 27.2. The Hall–Kier alpha value is -2.37. The number of hydrogen-bond acceptors (Lipinski definition) is 5. The first-order valence-electron chi connectivity index (χ1n) is 6.16. The van der Waals surface area contributed by atoms with E-state index >= 15 is 0 Å². The maximum atomic E-state index is 11.7. The summed E-state index contributed by atoms with van der Waals surface area (Å²) >= 11 is 0. The summed E-state index contributed by atoms with van der Waals surface area (Å²) in [7, 11) is 1.60. The summed E-state index contributed by atoms with van der Waals surface area (Å²) in [6.45, 7) is 5.10. The molecule has 0 amide bonds. The van der Waals surface area contributed by atoms with Crippen molar-refractivity contribution in [3.63, 3.8) is 0 Å². The molecule has 1 atom stereocenters. The van der Waals surface area contributed by atoms with Crippen molar-refractivity contribution in [2.45, 2.75) is 26.8 Å². The molecule has 1 unspecified atom stereocenters. The summed E-state index contributed by atoms with van der Waals surface area (Å²) in [5.74, 6) is 0.758. The molecule has 0 bridgehead atoms. The second kappa shape index (κ2) is 7.28. The van der Waals surface area contributed by atoms with Gasteiger partial charge in [-0.25, -0.2) is 0 Å². The predicted octanol–water partition coefficient (Wildman–Crippen LogP) is 3.26. The van der Waals surface area contributed by atoms with Crippen LogP contribution in [0.2, 0.25) is 0 Å². The first-order valence-corrected chi connectivity index (χ1v) is 6.16. The number of azo groups is 1. The summed E-state index contributed by atoms with van der Waals surface area (Å²) < 4.78 is 5.07. The fourth-order valence-corrected chi connectivity index (χ4v) is 1.47. The van der Waals surface area contributed by atoms with Gasteiger partial charge in [-0.3, -0.25) is 0 Å². The normalized spacial score (nSPS) is 15.1. The molecule has 6 heteroatoms. The third kappa shape index (κ3) is 4.38. The molecule has 20 heavy (non-hydrogen) atoms. The highest BCUT2D eigenvalue weighted by Crippen LogP contribution is 2.18. The molecule has 0 saturated heterocycles. The van der Waals surface area contributed by atoms with E-state index in [0.29, 0.717) is 10.6 Å². The van der Waals surface area contributed by atoms with Crippen LogP contribution in [0.25, 0.3) is 5.57 Å². The second-order valence-corrected chi connectivity index (χ2v) is 4.38. The highest BCUT2D eigenvalue weighted by Gasteiger charge is 2.09. The molecule has 1 aromatic carbocycles. The van der Waals surface area contributed by atoms with Crippen LogP contribution in [0.15, 0.2) is 40.7 Å². The standard InChI is InChI=1S/C14H19N3O3/c1-10(13-5-7-14(20-4)8-6-13)9-17(19)15-11(2)12(3)16-18/h5-9,11,18H,1-4H3. The number of hydrogen-bond donors (Lipinski definition) is 1. The third-order valence-corrected chi connectivity index (χ3v) is 2.90. The zero-order valence-corrected chi connectivity index (χ0v) is 12.1. The van der Waals surface area contributed by atoms with Gasteiger partial charge < -0.3 is 15.2 Å². The Morgan fingerprint density at radius 1 is 1.35 bits per heavy atom. The predicted molar refractivity (Wildman–Crippen MR) is 77.1 cm³/mol. The van der Waals surface area contributed by atoms with Crippen LogP contribution in [0.4, 0.5) is 0 Å². The average Bonchev–Trinajstić information content (AvgIpc) is 2.46. The quantitative estimate of drug-likeness (QED) is 0.295. The summed E-state index contributed by atoms with van der Waals surface area (Å²) in [6.07, 6.45) is 1.38. The molecule has 1 N–H and O–H groups in total. The number of oxime groups is 1. The maximum absolute atomic E-state index is 11.7. The first-order chi connectivity index (χ1) is 9.47. The molecule has 0 aliphatic rings. The van der Waals surface area contributed by atoms with Crippen LogP contribution in [-0.2, 0) is 0 Å². The highest BCUT2D eigenvalue weighted by atomic mass is 16.5. The second-order valence-electron chi connectivity index (χ2n) is 4.38. The van der Waals surface area contributed by atoms with Gasteiger partial charge in [0.05, 0.1) is 12.8 Å². The fraction of sp³-hybridized carbons (Fsp3) is 0.357. The summed E-state index contributed by atoms with van der Waals surface area (Å²) in [6, 6.07) is 6.90. The van der Waals surface area contributed by atoms with Crippen LogP contribution in [-0.4, -0.2) is 28.9 Å². The van der Waals surface area contributed by atoms with Gasteiger partial charge in [0.25, 0.3) is 0 Å². The van der Waals surface area contributed by atoms with Crippen LogP contribution in [0.5, 0.6) is 5.75 Å². The van der Waals surface area contributed by atoms with Crippen molar-refractivity contribution >= 4 is 11.3 Å². The van der Waals surface area contributed by atoms with Crippen LogP contribution in [0, 0.1) is 5.21 Å². The van der Waals surface area contributed by atoms with Gasteiger partial charge in [0.1, 0.15) is 5.75 Å². The lowest BCUT2D eigenvalue weighted by atomic mass is 10.1. The van der Waals surface area contributed by atoms with E-state index in [-0.39, 0.29) is 0 Å². The molecule has 1 aromatic rings. The SMILES string of the molecule is COc1ccc(C(C)=C[N+]([O-])=NC(C)C(C)=NO)cc1. The Morgan fingerprint density at radius 2 is 1.95 bits per heavy atom. The fourth-order valence-electron chi connectivity index (χ4n) is 1.47. The minimum absolute atomic E-state index is 0.376. The minimum Gasteiger partial charge on any atom is -0.595 e. The van der Waals surface area contributed by atoms with E-state index in [0.717, 1.165) is 16.9 Å². The molecule has 108 valence electrons. The molecule has 0 radical (unpaired) electrons. The molecule has 0 fully saturated rings. The number of benzene rings is 1. The van der Waals surface area contributed by atoms with E-state index in [9.17, 15) is 5.21 Å². The molecular weight excluding hydrogens is 258 g/mol. The maximum Gasteiger partial charge on any atom is 0.212 e. The lowest BCUT2D eigenvalue weighted by Gasteiger charge is -2.04. The summed E-state index contributed by atoms with van der Waals surface area (Å²) in [4.78, 5) is 0.485. The van der Waals surface area contributed by atoms with Gasteiger partial charge in [-0.1, -0.05) is 22.1 Å². The smallest absolute Gasteiger partial charge is 0.212 e. The Kier molecular flexibility index (Phi) is 5.71. The summed E-state index contributed by atoms with van der Waals surface area (Å²) in [5.41, 5.74) is 2.06. The average molecular weight is 277 g/mol. The molecule has 0 spiro atoms. The molecular formula is C14H19N3O3. The lowest BCUT2D eigenvalue weighted by molar-refractivity contribution is -0.459. The van der Waals surface area contributed by atoms with E-state index in [2.05, 4.69) is 10.3 Å². The van der Waals surface area contributed by atoms with Crippen molar-refractivity contribution in [2.24, 2.45) is 10.3 Å². The zero-order valence-electron chi connectivity index (χ0n) is 12.1. The van der Waals surface area contributed by atoms with Crippen molar-refractivity contribution in [1.82, 2.24) is 0 Å². The van der Waals surface area contributed by atoms with Crippen LogP contribution >= 0.6 is 0 Å².